The minimum Gasteiger partial charge on any atom is -0.339 e. The lowest BCUT2D eigenvalue weighted by Gasteiger charge is -2.04. The van der Waals surface area contributed by atoms with Gasteiger partial charge in [0.2, 0.25) is 11.7 Å². The fraction of sp³-hybridized carbons (Fsp3) is 0.400. The molecule has 0 radical (unpaired) electrons. The van der Waals surface area contributed by atoms with Crippen LogP contribution in [0, 0.1) is 5.92 Å². The highest BCUT2D eigenvalue weighted by Gasteiger charge is 2.24. The molecular formula is C15H16N2O2. The number of rotatable bonds is 4. The predicted molar refractivity (Wildman–Crippen MR) is 70.4 cm³/mol. The lowest BCUT2D eigenvalue weighted by atomic mass is 10.0. The average molecular weight is 256 g/mol. The molecule has 1 saturated carbocycles. The molecule has 1 fully saturated rings. The molecule has 19 heavy (non-hydrogen) atoms. The first-order valence-corrected chi connectivity index (χ1v) is 6.73. The summed E-state index contributed by atoms with van der Waals surface area (Å²) < 4.78 is 5.17. The molecule has 4 nitrogen and oxygen atoms in total. The SMILES string of the molecule is O=C(Cc1nc(-c2ccccc2)no1)C1CCCC1. The van der Waals surface area contributed by atoms with Crippen LogP contribution in [0.2, 0.25) is 0 Å². The molecule has 1 aromatic heterocycles. The van der Waals surface area contributed by atoms with Crippen LogP contribution in [-0.2, 0) is 11.2 Å². The molecule has 0 bridgehead atoms. The van der Waals surface area contributed by atoms with Gasteiger partial charge in [-0.15, -0.1) is 0 Å². The Morgan fingerprint density at radius 3 is 2.68 bits per heavy atom. The molecule has 1 aliphatic carbocycles. The van der Waals surface area contributed by atoms with Crippen LogP contribution in [-0.4, -0.2) is 15.9 Å². The Balaban J connectivity index is 1.70. The van der Waals surface area contributed by atoms with E-state index in [0.717, 1.165) is 31.2 Å². The summed E-state index contributed by atoms with van der Waals surface area (Å²) in [6.45, 7) is 0. The topological polar surface area (TPSA) is 56.0 Å². The summed E-state index contributed by atoms with van der Waals surface area (Å²) in [6, 6.07) is 9.64. The fourth-order valence-electron chi connectivity index (χ4n) is 2.57. The highest BCUT2D eigenvalue weighted by molar-refractivity contribution is 5.82. The number of carbonyl (C=O) groups excluding carboxylic acids is 1. The minimum absolute atomic E-state index is 0.201. The van der Waals surface area contributed by atoms with Crippen molar-refractivity contribution in [2.75, 3.05) is 0 Å². The van der Waals surface area contributed by atoms with Crippen LogP contribution in [0.5, 0.6) is 0 Å². The molecule has 1 aliphatic rings. The lowest BCUT2D eigenvalue weighted by Crippen LogP contribution is -2.13. The molecule has 1 heterocycles. The molecule has 98 valence electrons. The molecule has 0 N–H and O–H groups in total. The predicted octanol–water partition coefficient (Wildman–Crippen LogP) is 3.04. The van der Waals surface area contributed by atoms with Gasteiger partial charge >= 0.3 is 0 Å². The summed E-state index contributed by atoms with van der Waals surface area (Å²) in [7, 11) is 0. The number of nitrogens with zero attached hydrogens (tertiary/aromatic N) is 2. The van der Waals surface area contributed by atoms with Gasteiger partial charge in [-0.05, 0) is 12.8 Å². The van der Waals surface area contributed by atoms with Crippen molar-refractivity contribution in [1.82, 2.24) is 10.1 Å². The molecule has 1 aromatic carbocycles. The zero-order valence-corrected chi connectivity index (χ0v) is 10.7. The van der Waals surface area contributed by atoms with E-state index in [1.54, 1.807) is 0 Å². The van der Waals surface area contributed by atoms with Crippen LogP contribution < -0.4 is 0 Å². The Morgan fingerprint density at radius 1 is 1.21 bits per heavy atom. The highest BCUT2D eigenvalue weighted by Crippen LogP contribution is 2.26. The number of Topliss-reactive ketones (excluding diaryl/α,β-unsaturated/α-hetero) is 1. The van der Waals surface area contributed by atoms with Gasteiger partial charge in [0, 0.05) is 11.5 Å². The molecule has 0 spiro atoms. The van der Waals surface area contributed by atoms with E-state index in [-0.39, 0.29) is 18.1 Å². The molecule has 0 unspecified atom stereocenters. The Morgan fingerprint density at radius 2 is 1.95 bits per heavy atom. The van der Waals surface area contributed by atoms with Gasteiger partial charge in [-0.2, -0.15) is 4.98 Å². The summed E-state index contributed by atoms with van der Waals surface area (Å²) in [5.41, 5.74) is 0.908. The maximum Gasteiger partial charge on any atom is 0.234 e. The van der Waals surface area contributed by atoms with Crippen molar-refractivity contribution in [3.05, 3.63) is 36.2 Å². The van der Waals surface area contributed by atoms with Crippen molar-refractivity contribution < 1.29 is 9.32 Å². The van der Waals surface area contributed by atoms with Crippen molar-refractivity contribution in [2.24, 2.45) is 5.92 Å². The third-order valence-electron chi connectivity index (χ3n) is 3.64. The molecule has 0 saturated heterocycles. The van der Waals surface area contributed by atoms with Crippen LogP contribution in [0.25, 0.3) is 11.4 Å². The molecule has 0 atom stereocenters. The normalized spacial score (nSPS) is 15.8. The van der Waals surface area contributed by atoms with E-state index in [2.05, 4.69) is 10.1 Å². The van der Waals surface area contributed by atoms with Crippen LogP contribution in [0.15, 0.2) is 34.9 Å². The van der Waals surface area contributed by atoms with Crippen molar-refractivity contribution in [3.8, 4) is 11.4 Å². The number of aromatic nitrogens is 2. The first kappa shape index (κ1) is 12.1. The standard InChI is InChI=1S/C15H16N2O2/c18-13(11-6-4-5-7-11)10-14-16-15(17-19-14)12-8-2-1-3-9-12/h1-3,8-9,11H,4-7,10H2. The summed E-state index contributed by atoms with van der Waals surface area (Å²) in [5, 5.41) is 3.93. The molecule has 2 aromatic rings. The largest absolute Gasteiger partial charge is 0.339 e. The van der Waals surface area contributed by atoms with Gasteiger partial charge < -0.3 is 4.52 Å². The Bertz CT molecular complexity index is 557. The van der Waals surface area contributed by atoms with Gasteiger partial charge in [-0.1, -0.05) is 48.3 Å². The van der Waals surface area contributed by atoms with E-state index in [9.17, 15) is 4.79 Å². The number of carbonyl (C=O) groups is 1. The van der Waals surface area contributed by atoms with Gasteiger partial charge in [-0.25, -0.2) is 0 Å². The van der Waals surface area contributed by atoms with Crippen molar-refractivity contribution in [2.45, 2.75) is 32.1 Å². The number of hydrogen-bond acceptors (Lipinski definition) is 4. The zero-order chi connectivity index (χ0) is 13.1. The summed E-state index contributed by atoms with van der Waals surface area (Å²) in [6.07, 6.45) is 4.62. The average Bonchev–Trinajstić information content (AvgIpc) is 3.11. The number of benzene rings is 1. The zero-order valence-electron chi connectivity index (χ0n) is 10.7. The van der Waals surface area contributed by atoms with Crippen molar-refractivity contribution in [1.29, 1.82) is 0 Å². The van der Waals surface area contributed by atoms with Crippen molar-refractivity contribution >= 4 is 5.78 Å². The Labute approximate surface area is 111 Å². The Hall–Kier alpha value is -1.97. The third-order valence-corrected chi connectivity index (χ3v) is 3.64. The summed E-state index contributed by atoms with van der Waals surface area (Å²) in [5.74, 6) is 1.42. The van der Waals surface area contributed by atoms with Gasteiger partial charge in [0.05, 0.1) is 6.42 Å². The van der Waals surface area contributed by atoms with Crippen molar-refractivity contribution in [3.63, 3.8) is 0 Å². The first-order chi connectivity index (χ1) is 9.33. The van der Waals surface area contributed by atoms with E-state index < -0.39 is 0 Å². The van der Waals surface area contributed by atoms with Crippen LogP contribution in [0.4, 0.5) is 0 Å². The molecule has 0 aliphatic heterocycles. The molecule has 0 amide bonds. The quantitative estimate of drug-likeness (QED) is 0.843. The van der Waals surface area contributed by atoms with Gasteiger partial charge in [0.15, 0.2) is 0 Å². The minimum atomic E-state index is 0.201. The molecule has 3 rings (SSSR count). The van der Waals surface area contributed by atoms with Crippen LogP contribution in [0.3, 0.4) is 0 Å². The second-order valence-electron chi connectivity index (χ2n) is 5.00. The smallest absolute Gasteiger partial charge is 0.234 e. The van der Waals surface area contributed by atoms with Crippen LogP contribution in [0.1, 0.15) is 31.6 Å². The second kappa shape index (κ2) is 5.34. The number of ketones is 1. The number of hydrogen-bond donors (Lipinski definition) is 0. The summed E-state index contributed by atoms with van der Waals surface area (Å²) in [4.78, 5) is 16.3. The fourth-order valence-corrected chi connectivity index (χ4v) is 2.57. The van der Waals surface area contributed by atoms with E-state index in [1.165, 1.54) is 0 Å². The van der Waals surface area contributed by atoms with E-state index in [0.29, 0.717) is 11.7 Å². The summed E-state index contributed by atoms with van der Waals surface area (Å²) >= 11 is 0. The van der Waals surface area contributed by atoms with E-state index in [4.69, 9.17) is 4.52 Å². The highest BCUT2D eigenvalue weighted by atomic mass is 16.5. The van der Waals surface area contributed by atoms with Gasteiger partial charge in [-0.3, -0.25) is 4.79 Å². The third kappa shape index (κ3) is 2.72. The van der Waals surface area contributed by atoms with E-state index >= 15 is 0 Å². The second-order valence-corrected chi connectivity index (χ2v) is 5.00. The monoisotopic (exact) mass is 256 g/mol. The lowest BCUT2D eigenvalue weighted by molar-refractivity contribution is -0.122. The first-order valence-electron chi connectivity index (χ1n) is 6.73. The maximum absolute atomic E-state index is 12.0. The van der Waals surface area contributed by atoms with Gasteiger partial charge in [0.25, 0.3) is 0 Å². The molecular weight excluding hydrogens is 240 g/mol. The van der Waals surface area contributed by atoms with Gasteiger partial charge in [0.1, 0.15) is 5.78 Å². The van der Waals surface area contributed by atoms with Crippen LogP contribution >= 0.6 is 0 Å². The molecule has 4 heteroatoms. The Kier molecular flexibility index (Phi) is 3.40. The van der Waals surface area contributed by atoms with E-state index in [1.807, 2.05) is 30.3 Å². The maximum atomic E-state index is 12.0.